The Kier molecular flexibility index (Phi) is 6.18. The number of fused-ring (bicyclic) bond motifs is 2. The third-order valence-electron chi connectivity index (χ3n) is 6.67. The molecular weight excluding hydrogens is 528 g/mol. The number of hydrogen-bond acceptors (Lipinski definition) is 6. The normalized spacial score (nSPS) is 20.6. The van der Waals surface area contributed by atoms with Gasteiger partial charge in [0.05, 0.1) is 16.6 Å². The van der Waals surface area contributed by atoms with Gasteiger partial charge < -0.3 is 9.72 Å². The molecule has 2 aliphatic rings. The van der Waals surface area contributed by atoms with Gasteiger partial charge in [0.2, 0.25) is 11.8 Å². The zero-order chi connectivity index (χ0) is 25.7. The summed E-state index contributed by atoms with van der Waals surface area (Å²) in [6.07, 6.45) is 0. The summed E-state index contributed by atoms with van der Waals surface area (Å²) in [5.74, 6) is -0.925. The molecule has 6 rings (SSSR count). The Balaban J connectivity index is 1.32. The predicted molar refractivity (Wildman–Crippen MR) is 146 cm³/mol. The fourth-order valence-corrected chi connectivity index (χ4v) is 7.48. The molecule has 0 bridgehead atoms. The van der Waals surface area contributed by atoms with E-state index in [2.05, 4.69) is 4.98 Å². The molecule has 3 aromatic carbocycles. The van der Waals surface area contributed by atoms with E-state index in [9.17, 15) is 14.4 Å². The van der Waals surface area contributed by atoms with E-state index < -0.39 is 17.1 Å². The van der Waals surface area contributed by atoms with E-state index in [0.29, 0.717) is 28.1 Å². The largest absolute Gasteiger partial charge is 0.489 e. The van der Waals surface area contributed by atoms with Gasteiger partial charge in [-0.1, -0.05) is 76.7 Å². The first-order chi connectivity index (χ1) is 17.9. The number of halogens is 1. The number of anilines is 1. The van der Waals surface area contributed by atoms with Crippen molar-refractivity contribution < 1.29 is 14.3 Å². The molecule has 1 aromatic heterocycles. The van der Waals surface area contributed by atoms with E-state index in [4.69, 9.17) is 16.3 Å². The number of amides is 2. The zero-order valence-corrected chi connectivity index (χ0v) is 22.0. The molecule has 186 valence electrons. The highest BCUT2D eigenvalue weighted by atomic mass is 35.5. The van der Waals surface area contributed by atoms with Crippen LogP contribution in [-0.4, -0.2) is 22.0 Å². The van der Waals surface area contributed by atoms with Crippen molar-refractivity contribution >= 4 is 52.2 Å². The van der Waals surface area contributed by atoms with Crippen LogP contribution in [-0.2, 0) is 16.2 Å². The van der Waals surface area contributed by atoms with Gasteiger partial charge >= 0.3 is 4.87 Å². The van der Waals surface area contributed by atoms with Crippen LogP contribution in [0.3, 0.4) is 0 Å². The number of thioether (sulfide) groups is 1. The number of hydrogen-bond donors (Lipinski definition) is 1. The molecular formula is C28H21ClN2O4S2. The number of aromatic amines is 1. The van der Waals surface area contributed by atoms with Crippen LogP contribution in [0.4, 0.5) is 5.69 Å². The summed E-state index contributed by atoms with van der Waals surface area (Å²) < 4.78 is 5.96. The maximum absolute atomic E-state index is 13.7. The summed E-state index contributed by atoms with van der Waals surface area (Å²) >= 11 is 8.38. The minimum absolute atomic E-state index is 0.199. The Hall–Kier alpha value is -3.33. The number of carbonyl (C=O) groups is 2. The Morgan fingerprint density at radius 1 is 0.919 bits per heavy atom. The fourth-order valence-electron chi connectivity index (χ4n) is 4.84. The molecule has 0 spiro atoms. The van der Waals surface area contributed by atoms with Crippen LogP contribution in [0.15, 0.2) is 82.6 Å². The Bertz CT molecular complexity index is 1550. The van der Waals surface area contributed by atoms with Gasteiger partial charge in [-0.15, -0.1) is 0 Å². The van der Waals surface area contributed by atoms with Gasteiger partial charge in [0.15, 0.2) is 0 Å². The predicted octanol–water partition coefficient (Wildman–Crippen LogP) is 5.77. The quantitative estimate of drug-likeness (QED) is 0.320. The molecule has 3 unspecified atom stereocenters. The Morgan fingerprint density at radius 3 is 2.32 bits per heavy atom. The molecule has 4 aromatic rings. The summed E-state index contributed by atoms with van der Waals surface area (Å²) in [4.78, 5) is 44.2. The average molecular weight is 549 g/mol. The number of ether oxygens (including phenoxy) is 1. The summed E-state index contributed by atoms with van der Waals surface area (Å²) in [6.45, 7) is 2.48. The fraction of sp³-hybridized carbons (Fsp3) is 0.179. The second-order valence-electron chi connectivity index (χ2n) is 9.08. The summed E-state index contributed by atoms with van der Waals surface area (Å²) in [6, 6.07) is 22.4. The van der Waals surface area contributed by atoms with Crippen molar-refractivity contribution in [2.24, 2.45) is 5.92 Å². The summed E-state index contributed by atoms with van der Waals surface area (Å²) in [5.41, 5.74) is 3.61. The van der Waals surface area contributed by atoms with Gasteiger partial charge in [0.1, 0.15) is 17.6 Å². The van der Waals surface area contributed by atoms with Crippen LogP contribution in [0.2, 0.25) is 5.02 Å². The Labute approximate surface area is 226 Å². The molecule has 37 heavy (non-hydrogen) atoms. The first-order valence-electron chi connectivity index (χ1n) is 11.7. The SMILES string of the molecule is Cc1ccc(COc2ccc(C3c4sc(=O)[nH]c4SC4C(=O)N(c5ccc(Cl)cc5)C(=O)C43)cc2)cc1. The molecule has 1 fully saturated rings. The van der Waals surface area contributed by atoms with E-state index in [1.165, 1.54) is 22.2 Å². The number of nitrogens with zero attached hydrogens (tertiary/aromatic N) is 1. The highest BCUT2D eigenvalue weighted by Gasteiger charge is 2.56. The van der Waals surface area contributed by atoms with Crippen LogP contribution in [0, 0.1) is 12.8 Å². The number of nitrogens with one attached hydrogen (secondary N) is 1. The smallest absolute Gasteiger partial charge is 0.305 e. The number of benzene rings is 3. The molecule has 0 saturated carbocycles. The van der Waals surface area contributed by atoms with Crippen LogP contribution < -0.4 is 14.5 Å². The van der Waals surface area contributed by atoms with Crippen LogP contribution in [0.25, 0.3) is 0 Å². The van der Waals surface area contributed by atoms with Gasteiger partial charge in [-0.05, 0) is 54.4 Å². The van der Waals surface area contributed by atoms with Crippen molar-refractivity contribution in [2.45, 2.75) is 29.7 Å². The number of aryl methyl sites for hydroxylation is 1. The van der Waals surface area contributed by atoms with Crippen molar-refractivity contribution in [3.63, 3.8) is 0 Å². The van der Waals surface area contributed by atoms with Crippen molar-refractivity contribution in [3.8, 4) is 5.75 Å². The minimum atomic E-state index is -0.636. The molecule has 0 radical (unpaired) electrons. The molecule has 3 atom stereocenters. The van der Waals surface area contributed by atoms with Crippen molar-refractivity contribution in [1.29, 1.82) is 0 Å². The topological polar surface area (TPSA) is 79.5 Å². The molecule has 9 heteroatoms. The van der Waals surface area contributed by atoms with Gasteiger partial charge in [-0.25, -0.2) is 4.90 Å². The number of imide groups is 1. The lowest BCUT2D eigenvalue weighted by molar-refractivity contribution is -0.122. The van der Waals surface area contributed by atoms with E-state index in [1.807, 2.05) is 55.5 Å². The molecule has 1 saturated heterocycles. The van der Waals surface area contributed by atoms with Crippen LogP contribution in [0.5, 0.6) is 5.75 Å². The lowest BCUT2D eigenvalue weighted by Crippen LogP contribution is -2.32. The number of rotatable bonds is 5. The van der Waals surface area contributed by atoms with Gasteiger partial charge in [-0.3, -0.25) is 14.4 Å². The van der Waals surface area contributed by atoms with Gasteiger partial charge in [-0.2, -0.15) is 0 Å². The van der Waals surface area contributed by atoms with Gasteiger partial charge in [0, 0.05) is 15.8 Å². The van der Waals surface area contributed by atoms with E-state index in [-0.39, 0.29) is 16.7 Å². The van der Waals surface area contributed by atoms with Crippen molar-refractivity contribution in [1.82, 2.24) is 4.98 Å². The molecule has 2 amide bonds. The average Bonchev–Trinajstić information content (AvgIpc) is 3.39. The van der Waals surface area contributed by atoms with Crippen molar-refractivity contribution in [3.05, 3.63) is 109 Å². The maximum atomic E-state index is 13.7. The molecule has 2 aliphatic heterocycles. The zero-order valence-electron chi connectivity index (χ0n) is 19.6. The summed E-state index contributed by atoms with van der Waals surface area (Å²) in [7, 11) is 0. The number of carbonyl (C=O) groups excluding carboxylic acids is 2. The lowest BCUT2D eigenvalue weighted by atomic mass is 9.83. The highest BCUT2D eigenvalue weighted by molar-refractivity contribution is 8.00. The molecule has 1 N–H and O–H groups in total. The summed E-state index contributed by atoms with van der Waals surface area (Å²) in [5, 5.41) is 0.542. The standard InChI is InChI=1S/C28H21ClN2O4S2/c1-15-2-4-16(5-3-15)14-35-20-12-6-17(7-13-20)21-22-24(36-25-23(21)37-28(34)30-25)27(33)31(26(22)32)19-10-8-18(29)9-11-19/h2-13,21-22,24H,14H2,1H3,(H,30,34). The first-order valence-corrected chi connectivity index (χ1v) is 13.8. The Morgan fingerprint density at radius 2 is 1.62 bits per heavy atom. The van der Waals surface area contributed by atoms with E-state index >= 15 is 0 Å². The molecule has 3 heterocycles. The number of aromatic nitrogens is 1. The van der Waals surface area contributed by atoms with E-state index in [1.54, 1.807) is 24.3 Å². The van der Waals surface area contributed by atoms with Crippen LogP contribution >= 0.6 is 34.7 Å². The first kappa shape index (κ1) is 24.0. The second-order valence-corrected chi connectivity index (χ2v) is 11.7. The minimum Gasteiger partial charge on any atom is -0.489 e. The number of H-pyrrole nitrogens is 1. The monoisotopic (exact) mass is 548 g/mol. The van der Waals surface area contributed by atoms with E-state index in [0.717, 1.165) is 27.3 Å². The number of thiazole rings is 1. The molecule has 6 nitrogen and oxygen atoms in total. The van der Waals surface area contributed by atoms with Gasteiger partial charge in [0.25, 0.3) is 0 Å². The lowest BCUT2D eigenvalue weighted by Gasteiger charge is -2.29. The molecule has 0 aliphatic carbocycles. The maximum Gasteiger partial charge on any atom is 0.305 e. The third-order valence-corrected chi connectivity index (χ3v) is 9.33. The van der Waals surface area contributed by atoms with Crippen LogP contribution in [0.1, 0.15) is 27.5 Å². The third kappa shape index (κ3) is 4.39. The highest BCUT2D eigenvalue weighted by Crippen LogP contribution is 2.53. The second kappa shape index (κ2) is 9.52. The van der Waals surface area contributed by atoms with Crippen molar-refractivity contribution in [2.75, 3.05) is 4.90 Å².